The van der Waals surface area contributed by atoms with Gasteiger partial charge in [-0.3, -0.25) is 9.36 Å². The quantitative estimate of drug-likeness (QED) is 0.236. The first kappa shape index (κ1) is 30.6. The number of aromatic nitrogens is 3. The molecule has 1 N–H and O–H groups in total. The van der Waals surface area contributed by atoms with Crippen LogP contribution in [0.2, 0.25) is 0 Å². The summed E-state index contributed by atoms with van der Waals surface area (Å²) in [6, 6.07) is 21.1. The van der Waals surface area contributed by atoms with Crippen LogP contribution in [0.3, 0.4) is 0 Å². The van der Waals surface area contributed by atoms with Crippen molar-refractivity contribution in [1.29, 1.82) is 0 Å². The summed E-state index contributed by atoms with van der Waals surface area (Å²) in [5, 5.41) is 4.65. The molecular weight excluding hydrogens is 556 g/mol. The van der Waals surface area contributed by atoms with Crippen LogP contribution >= 0.6 is 0 Å². The number of rotatable bonds is 14. The highest BCUT2D eigenvalue weighted by Crippen LogP contribution is 2.17. The topological polar surface area (TPSA) is 122 Å². The van der Waals surface area contributed by atoms with Crippen LogP contribution in [0.15, 0.2) is 82.5 Å². The van der Waals surface area contributed by atoms with E-state index >= 15 is 0 Å². The molecule has 222 valence electrons. The molecule has 0 bridgehead atoms. The summed E-state index contributed by atoms with van der Waals surface area (Å²) in [6.45, 7) is 4.69. The lowest BCUT2D eigenvalue weighted by molar-refractivity contribution is -0.121. The molecule has 0 aliphatic carbocycles. The Morgan fingerprint density at radius 1 is 0.905 bits per heavy atom. The van der Waals surface area contributed by atoms with E-state index in [1.807, 2.05) is 55.0 Å². The van der Waals surface area contributed by atoms with E-state index in [2.05, 4.69) is 5.10 Å². The van der Waals surface area contributed by atoms with Crippen molar-refractivity contribution in [2.24, 2.45) is 0 Å². The van der Waals surface area contributed by atoms with E-state index in [1.165, 1.54) is 36.9 Å². The molecule has 0 fully saturated rings. The smallest absolute Gasteiger partial charge is 0.346 e. The summed E-state index contributed by atoms with van der Waals surface area (Å²) >= 11 is 0. The molecular formula is C31H36N4O6S. The zero-order valence-corrected chi connectivity index (χ0v) is 24.9. The molecule has 3 aromatic carbocycles. The van der Waals surface area contributed by atoms with Gasteiger partial charge in [0.25, 0.3) is 15.9 Å². The van der Waals surface area contributed by atoms with Gasteiger partial charge in [-0.15, -0.1) is 0 Å². The van der Waals surface area contributed by atoms with E-state index < -0.39 is 22.5 Å². The second-order valence-corrected chi connectivity index (χ2v) is 11.7. The SMILES string of the molecule is CCCn1c(CCCc2ccc(OCC(=O)NS(=O)(=O)c3ccc(OC)cc3)cc2)nn(Cc2ccc(C)cc2)c1=O. The molecule has 0 spiro atoms. The van der Waals surface area contributed by atoms with E-state index in [-0.39, 0.29) is 10.6 Å². The number of ether oxygens (including phenoxy) is 2. The van der Waals surface area contributed by atoms with Crippen molar-refractivity contribution in [1.82, 2.24) is 19.1 Å². The van der Waals surface area contributed by atoms with Crippen molar-refractivity contribution in [3.63, 3.8) is 0 Å². The molecule has 1 amide bonds. The molecule has 0 aliphatic heterocycles. The first-order valence-corrected chi connectivity index (χ1v) is 15.3. The van der Waals surface area contributed by atoms with Crippen LogP contribution in [0, 0.1) is 6.92 Å². The Hall–Kier alpha value is -4.38. The van der Waals surface area contributed by atoms with Crippen LogP contribution in [0.25, 0.3) is 0 Å². The average Bonchev–Trinajstić information content (AvgIpc) is 3.27. The number of amides is 1. The van der Waals surface area contributed by atoms with Crippen molar-refractivity contribution in [2.75, 3.05) is 13.7 Å². The Labute approximate surface area is 246 Å². The molecule has 0 saturated heterocycles. The molecule has 1 aromatic heterocycles. The maximum Gasteiger partial charge on any atom is 0.346 e. The summed E-state index contributed by atoms with van der Waals surface area (Å²) in [5.74, 6) is 0.954. The van der Waals surface area contributed by atoms with Gasteiger partial charge >= 0.3 is 5.69 Å². The number of nitrogens with zero attached hydrogens (tertiary/aromatic N) is 3. The van der Waals surface area contributed by atoms with Crippen LogP contribution < -0.4 is 19.9 Å². The number of aryl methyl sites for hydroxylation is 3. The molecule has 42 heavy (non-hydrogen) atoms. The summed E-state index contributed by atoms with van der Waals surface area (Å²) in [6.07, 6.45) is 3.08. The molecule has 4 rings (SSSR count). The van der Waals surface area contributed by atoms with Crippen LogP contribution in [0.5, 0.6) is 11.5 Å². The predicted molar refractivity (Wildman–Crippen MR) is 159 cm³/mol. The highest BCUT2D eigenvalue weighted by Gasteiger charge is 2.18. The van der Waals surface area contributed by atoms with Crippen molar-refractivity contribution in [2.45, 2.75) is 57.5 Å². The molecule has 0 radical (unpaired) electrons. The number of carbonyl (C=O) groups is 1. The fraction of sp³-hybridized carbons (Fsp3) is 0.323. The van der Waals surface area contributed by atoms with Crippen LogP contribution in [0.1, 0.15) is 42.3 Å². The van der Waals surface area contributed by atoms with E-state index in [1.54, 1.807) is 21.4 Å². The van der Waals surface area contributed by atoms with Gasteiger partial charge in [-0.05, 0) is 73.7 Å². The van der Waals surface area contributed by atoms with E-state index in [9.17, 15) is 18.0 Å². The maximum absolute atomic E-state index is 13.0. The summed E-state index contributed by atoms with van der Waals surface area (Å²) in [7, 11) is -2.54. The maximum atomic E-state index is 13.0. The summed E-state index contributed by atoms with van der Waals surface area (Å²) < 4.78 is 40.7. The lowest BCUT2D eigenvalue weighted by Crippen LogP contribution is -2.34. The highest BCUT2D eigenvalue weighted by atomic mass is 32.2. The first-order valence-electron chi connectivity index (χ1n) is 13.8. The second-order valence-electron chi connectivity index (χ2n) is 9.98. The van der Waals surface area contributed by atoms with Crippen LogP contribution in [0.4, 0.5) is 0 Å². The fourth-order valence-electron chi connectivity index (χ4n) is 4.43. The molecule has 10 nitrogen and oxygen atoms in total. The number of hydrogen-bond donors (Lipinski definition) is 1. The Balaban J connectivity index is 1.28. The van der Waals surface area contributed by atoms with Crippen molar-refractivity contribution in [3.05, 3.63) is 106 Å². The minimum Gasteiger partial charge on any atom is -0.497 e. The third kappa shape index (κ3) is 8.10. The van der Waals surface area contributed by atoms with Gasteiger partial charge < -0.3 is 9.47 Å². The molecule has 0 unspecified atom stereocenters. The van der Waals surface area contributed by atoms with Gasteiger partial charge in [-0.25, -0.2) is 22.6 Å². The zero-order valence-electron chi connectivity index (χ0n) is 24.1. The number of benzene rings is 3. The van der Waals surface area contributed by atoms with Gasteiger partial charge in [0, 0.05) is 13.0 Å². The fourth-order valence-corrected chi connectivity index (χ4v) is 5.40. The molecule has 1 heterocycles. The van der Waals surface area contributed by atoms with Gasteiger partial charge in [0.2, 0.25) is 0 Å². The number of sulfonamides is 1. The van der Waals surface area contributed by atoms with Crippen LogP contribution in [-0.2, 0) is 40.7 Å². The largest absolute Gasteiger partial charge is 0.497 e. The number of carbonyl (C=O) groups excluding carboxylic acids is 1. The highest BCUT2D eigenvalue weighted by molar-refractivity contribution is 7.90. The first-order chi connectivity index (χ1) is 20.2. The van der Waals surface area contributed by atoms with Crippen molar-refractivity contribution >= 4 is 15.9 Å². The Morgan fingerprint density at radius 3 is 2.19 bits per heavy atom. The number of nitrogens with one attached hydrogen (secondary N) is 1. The third-order valence-electron chi connectivity index (χ3n) is 6.68. The standard InChI is InChI=1S/C31H36N4O6S/c1-4-20-34-29(32-35(31(34)37)21-25-10-8-23(2)9-11-25)7-5-6-24-12-14-27(15-13-24)41-22-30(36)33-42(38,39)28-18-16-26(40-3)17-19-28/h8-19H,4-7,20-22H2,1-3H3,(H,33,36). The van der Waals surface area contributed by atoms with Gasteiger partial charge in [0.05, 0.1) is 18.6 Å². The number of hydrogen-bond acceptors (Lipinski definition) is 7. The predicted octanol–water partition coefficient (Wildman–Crippen LogP) is 3.88. The molecule has 4 aromatic rings. The monoisotopic (exact) mass is 592 g/mol. The van der Waals surface area contributed by atoms with E-state index in [0.717, 1.165) is 36.2 Å². The average molecular weight is 593 g/mol. The van der Waals surface area contributed by atoms with E-state index in [4.69, 9.17) is 9.47 Å². The van der Waals surface area contributed by atoms with Gasteiger partial charge in [0.15, 0.2) is 6.61 Å². The molecule has 0 atom stereocenters. The van der Waals surface area contributed by atoms with Gasteiger partial charge in [-0.2, -0.15) is 5.10 Å². The Bertz CT molecular complexity index is 1640. The normalized spacial score (nSPS) is 11.3. The minimum atomic E-state index is -4.02. The van der Waals surface area contributed by atoms with Crippen LogP contribution in [-0.4, -0.2) is 42.4 Å². The molecule has 0 saturated carbocycles. The third-order valence-corrected chi connectivity index (χ3v) is 8.07. The Kier molecular flexibility index (Phi) is 10.2. The molecule has 11 heteroatoms. The summed E-state index contributed by atoms with van der Waals surface area (Å²) in [4.78, 5) is 25.2. The van der Waals surface area contributed by atoms with Crippen molar-refractivity contribution < 1.29 is 22.7 Å². The number of methoxy groups -OCH3 is 1. The van der Waals surface area contributed by atoms with Gasteiger partial charge in [0.1, 0.15) is 17.3 Å². The lowest BCUT2D eigenvalue weighted by Gasteiger charge is -2.09. The summed E-state index contributed by atoms with van der Waals surface area (Å²) in [5.41, 5.74) is 3.19. The minimum absolute atomic E-state index is 0.0503. The van der Waals surface area contributed by atoms with Gasteiger partial charge in [-0.1, -0.05) is 48.9 Å². The van der Waals surface area contributed by atoms with E-state index in [0.29, 0.717) is 31.0 Å². The lowest BCUT2D eigenvalue weighted by atomic mass is 10.1. The second kappa shape index (κ2) is 14.0. The van der Waals surface area contributed by atoms with Crippen molar-refractivity contribution in [3.8, 4) is 11.5 Å². The Morgan fingerprint density at radius 2 is 1.55 bits per heavy atom. The zero-order chi connectivity index (χ0) is 30.1. The molecule has 0 aliphatic rings.